The molecule has 0 amide bonds. The molecule has 0 saturated heterocycles. The summed E-state index contributed by atoms with van der Waals surface area (Å²) in [6.07, 6.45) is 12.3. The summed E-state index contributed by atoms with van der Waals surface area (Å²) in [5.74, 6) is 0.712. The van der Waals surface area contributed by atoms with Crippen LogP contribution < -0.4 is 0 Å². The van der Waals surface area contributed by atoms with Crippen LogP contribution in [0.2, 0.25) is 0 Å². The highest BCUT2D eigenvalue weighted by atomic mass is 16.6. The summed E-state index contributed by atoms with van der Waals surface area (Å²) in [4.78, 5) is 24.0. The fourth-order valence-corrected chi connectivity index (χ4v) is 3.79. The first kappa shape index (κ1) is 23.2. The predicted octanol–water partition coefficient (Wildman–Crippen LogP) is 5.95. The molecule has 2 rings (SSSR count). The Morgan fingerprint density at radius 2 is 1.59 bits per heavy atom. The quantitative estimate of drug-likeness (QED) is 0.437. The van der Waals surface area contributed by atoms with E-state index in [-0.39, 0.29) is 25.1 Å². The van der Waals surface area contributed by atoms with Gasteiger partial charge in [0.2, 0.25) is 0 Å². The number of benzene rings is 1. The molecule has 4 nitrogen and oxygen atoms in total. The van der Waals surface area contributed by atoms with Crippen LogP contribution in [0.15, 0.2) is 36.4 Å². The second-order valence-corrected chi connectivity index (χ2v) is 8.42. The van der Waals surface area contributed by atoms with Gasteiger partial charge in [-0.1, -0.05) is 69.9 Å². The second-order valence-electron chi connectivity index (χ2n) is 8.42. The van der Waals surface area contributed by atoms with Gasteiger partial charge in [0.15, 0.2) is 0 Å². The predicted molar refractivity (Wildman–Crippen MR) is 116 cm³/mol. The molecule has 3 unspecified atom stereocenters. The lowest BCUT2D eigenvalue weighted by molar-refractivity contribution is -0.152. The van der Waals surface area contributed by atoms with Crippen LogP contribution in [0.25, 0.3) is 6.08 Å². The average Bonchev–Trinajstić information content (AvgIpc) is 2.74. The molecule has 0 heterocycles. The third kappa shape index (κ3) is 10.3. The van der Waals surface area contributed by atoms with Crippen LogP contribution in [0.1, 0.15) is 77.2 Å². The molecule has 1 aromatic rings. The molecule has 0 bridgehead atoms. The van der Waals surface area contributed by atoms with E-state index in [9.17, 15) is 9.59 Å². The van der Waals surface area contributed by atoms with Gasteiger partial charge in [-0.25, -0.2) is 4.79 Å². The highest BCUT2D eigenvalue weighted by Crippen LogP contribution is 2.25. The van der Waals surface area contributed by atoms with Crippen LogP contribution >= 0.6 is 0 Å². The Labute approximate surface area is 175 Å². The van der Waals surface area contributed by atoms with E-state index in [1.165, 1.54) is 31.8 Å². The van der Waals surface area contributed by atoms with E-state index in [0.717, 1.165) is 37.2 Å². The van der Waals surface area contributed by atoms with Gasteiger partial charge in [-0.3, -0.25) is 4.79 Å². The van der Waals surface area contributed by atoms with Crippen molar-refractivity contribution in [1.82, 2.24) is 0 Å². The van der Waals surface area contributed by atoms with Gasteiger partial charge in [-0.15, -0.1) is 0 Å². The Morgan fingerprint density at radius 1 is 0.931 bits per heavy atom. The fraction of sp³-hybridized carbons (Fsp3) is 0.600. The van der Waals surface area contributed by atoms with Crippen LogP contribution in [0, 0.1) is 11.8 Å². The molecule has 3 atom stereocenters. The SMILES string of the molecule is CC1CCCC(C)CCC(OC(=O)CCOC(=O)/C=C/c2ccccc2)CCC1. The van der Waals surface area contributed by atoms with Crippen molar-refractivity contribution in [1.29, 1.82) is 0 Å². The van der Waals surface area contributed by atoms with E-state index >= 15 is 0 Å². The molecule has 1 aromatic carbocycles. The van der Waals surface area contributed by atoms with Crippen molar-refractivity contribution in [2.75, 3.05) is 6.61 Å². The minimum atomic E-state index is -0.445. The Balaban J connectivity index is 1.70. The van der Waals surface area contributed by atoms with Gasteiger partial charge in [-0.2, -0.15) is 0 Å². The van der Waals surface area contributed by atoms with Crippen LogP contribution in [0.4, 0.5) is 0 Å². The highest BCUT2D eigenvalue weighted by Gasteiger charge is 2.18. The van der Waals surface area contributed by atoms with Crippen molar-refractivity contribution < 1.29 is 19.1 Å². The van der Waals surface area contributed by atoms with Gasteiger partial charge in [0.1, 0.15) is 12.7 Å². The monoisotopic (exact) mass is 400 g/mol. The molecule has 29 heavy (non-hydrogen) atoms. The van der Waals surface area contributed by atoms with Gasteiger partial charge in [0, 0.05) is 6.08 Å². The van der Waals surface area contributed by atoms with Crippen LogP contribution in [-0.4, -0.2) is 24.6 Å². The number of rotatable bonds is 6. The summed E-state index contributed by atoms with van der Waals surface area (Å²) in [5, 5.41) is 0. The topological polar surface area (TPSA) is 52.6 Å². The van der Waals surface area contributed by atoms with Crippen LogP contribution in [-0.2, 0) is 19.1 Å². The van der Waals surface area contributed by atoms with Crippen molar-refractivity contribution in [2.45, 2.75) is 77.7 Å². The number of esters is 2. The number of carbonyl (C=O) groups excluding carboxylic acids is 2. The van der Waals surface area contributed by atoms with Crippen LogP contribution in [0.3, 0.4) is 0 Å². The van der Waals surface area contributed by atoms with E-state index in [4.69, 9.17) is 9.47 Å². The Kier molecular flexibility index (Phi) is 10.5. The summed E-state index contributed by atoms with van der Waals surface area (Å²) in [6, 6.07) is 9.55. The second kappa shape index (κ2) is 13.2. The standard InChI is InChI=1S/C25H36O4/c1-20-8-6-9-21(2)14-16-23(13-7-10-20)29-25(27)18-19-28-24(26)17-15-22-11-4-3-5-12-22/h3-5,11-12,15,17,20-21,23H,6-10,13-14,16,18-19H2,1-2H3/b17-15+. The van der Waals surface area contributed by atoms with Gasteiger partial charge < -0.3 is 9.47 Å². The van der Waals surface area contributed by atoms with E-state index in [2.05, 4.69) is 13.8 Å². The Morgan fingerprint density at radius 3 is 2.31 bits per heavy atom. The maximum atomic E-state index is 12.2. The van der Waals surface area contributed by atoms with Crippen LogP contribution in [0.5, 0.6) is 0 Å². The molecule has 1 saturated carbocycles. The number of hydrogen-bond acceptors (Lipinski definition) is 4. The summed E-state index contributed by atoms with van der Waals surface area (Å²) in [6.45, 7) is 4.67. The Bertz CT molecular complexity index is 637. The summed E-state index contributed by atoms with van der Waals surface area (Å²) < 4.78 is 10.8. The van der Waals surface area contributed by atoms with E-state index in [1.807, 2.05) is 30.3 Å². The number of ether oxygens (including phenoxy) is 2. The maximum absolute atomic E-state index is 12.2. The van der Waals surface area contributed by atoms with Gasteiger partial charge in [0.25, 0.3) is 0 Å². The minimum absolute atomic E-state index is 0.0103. The van der Waals surface area contributed by atoms with Crippen molar-refractivity contribution >= 4 is 18.0 Å². The lowest BCUT2D eigenvalue weighted by Crippen LogP contribution is -2.20. The van der Waals surface area contributed by atoms with Crippen molar-refractivity contribution in [2.24, 2.45) is 11.8 Å². The molecular weight excluding hydrogens is 364 g/mol. The summed E-state index contributed by atoms with van der Waals surface area (Å²) >= 11 is 0. The molecule has 4 heteroatoms. The maximum Gasteiger partial charge on any atom is 0.330 e. The summed E-state index contributed by atoms with van der Waals surface area (Å²) in [7, 11) is 0. The number of hydrogen-bond donors (Lipinski definition) is 0. The van der Waals surface area contributed by atoms with Gasteiger partial charge in [-0.05, 0) is 49.2 Å². The van der Waals surface area contributed by atoms with Gasteiger partial charge >= 0.3 is 11.9 Å². The molecule has 0 spiro atoms. The normalized spacial score (nSPS) is 23.9. The van der Waals surface area contributed by atoms with Crippen molar-refractivity contribution in [3.05, 3.63) is 42.0 Å². The molecule has 1 aliphatic rings. The molecule has 0 aliphatic heterocycles. The lowest BCUT2D eigenvalue weighted by atomic mass is 9.95. The van der Waals surface area contributed by atoms with E-state index in [1.54, 1.807) is 6.08 Å². The molecular formula is C25H36O4. The summed E-state index contributed by atoms with van der Waals surface area (Å²) in [5.41, 5.74) is 0.930. The number of carbonyl (C=O) groups is 2. The zero-order valence-electron chi connectivity index (χ0n) is 18.0. The zero-order valence-corrected chi connectivity index (χ0v) is 18.0. The lowest BCUT2D eigenvalue weighted by Gasteiger charge is -2.19. The van der Waals surface area contributed by atoms with E-state index < -0.39 is 5.97 Å². The molecule has 1 fully saturated rings. The minimum Gasteiger partial charge on any atom is -0.462 e. The zero-order chi connectivity index (χ0) is 20.9. The first-order valence-electron chi connectivity index (χ1n) is 11.1. The molecule has 1 aliphatic carbocycles. The molecule has 0 N–H and O–H groups in total. The average molecular weight is 401 g/mol. The van der Waals surface area contributed by atoms with E-state index in [0.29, 0.717) is 5.92 Å². The largest absolute Gasteiger partial charge is 0.462 e. The van der Waals surface area contributed by atoms with Gasteiger partial charge in [0.05, 0.1) is 6.42 Å². The Hall–Kier alpha value is -2.10. The third-order valence-electron chi connectivity index (χ3n) is 5.66. The fourth-order valence-electron chi connectivity index (χ4n) is 3.79. The smallest absolute Gasteiger partial charge is 0.330 e. The third-order valence-corrected chi connectivity index (χ3v) is 5.66. The molecule has 0 radical (unpaired) electrons. The van der Waals surface area contributed by atoms with Crippen molar-refractivity contribution in [3.8, 4) is 0 Å². The molecule has 160 valence electrons. The first-order valence-corrected chi connectivity index (χ1v) is 11.1. The molecule has 0 aromatic heterocycles. The van der Waals surface area contributed by atoms with Crippen molar-refractivity contribution in [3.63, 3.8) is 0 Å². The highest BCUT2D eigenvalue weighted by molar-refractivity contribution is 5.87. The first-order chi connectivity index (χ1) is 14.0.